The lowest BCUT2D eigenvalue weighted by Crippen LogP contribution is -2.59. The van der Waals surface area contributed by atoms with Crippen molar-refractivity contribution in [1.82, 2.24) is 10.2 Å². The Morgan fingerprint density at radius 1 is 1.21 bits per heavy atom. The summed E-state index contributed by atoms with van der Waals surface area (Å²) in [7, 11) is 1.36. The molecule has 1 aliphatic rings. The van der Waals surface area contributed by atoms with Crippen LogP contribution in [0.2, 0.25) is 0 Å². The Morgan fingerprint density at radius 2 is 1.71 bits per heavy atom. The standard InChI is InChI=1S/C9H14N2O3/c1-9(2,3)5-6(12)10-8(14)11(4)7(5)13/h5H,1-4H3,(H,10,12,14). The van der Waals surface area contributed by atoms with E-state index in [1.54, 1.807) is 20.8 Å². The fraction of sp³-hybridized carbons (Fsp3) is 0.667. The average Bonchev–Trinajstić information content (AvgIpc) is 1.97. The Morgan fingerprint density at radius 3 is 2.14 bits per heavy atom. The van der Waals surface area contributed by atoms with Gasteiger partial charge in [0.2, 0.25) is 11.8 Å². The lowest BCUT2D eigenvalue weighted by Gasteiger charge is -2.34. The lowest BCUT2D eigenvalue weighted by atomic mass is 9.78. The molecule has 1 saturated heterocycles. The van der Waals surface area contributed by atoms with Crippen LogP contribution in [0.3, 0.4) is 0 Å². The molecule has 0 radical (unpaired) electrons. The third-order valence-electron chi connectivity index (χ3n) is 2.24. The third-order valence-corrected chi connectivity index (χ3v) is 2.24. The van der Waals surface area contributed by atoms with Crippen LogP contribution in [0.1, 0.15) is 20.8 Å². The third kappa shape index (κ3) is 1.62. The van der Waals surface area contributed by atoms with Crippen molar-refractivity contribution in [2.24, 2.45) is 11.3 Å². The molecule has 14 heavy (non-hydrogen) atoms. The quantitative estimate of drug-likeness (QED) is 0.571. The first-order valence-electron chi connectivity index (χ1n) is 4.37. The highest BCUT2D eigenvalue weighted by Gasteiger charge is 2.45. The summed E-state index contributed by atoms with van der Waals surface area (Å²) >= 11 is 0. The van der Waals surface area contributed by atoms with Gasteiger partial charge in [0.05, 0.1) is 0 Å². The number of nitrogens with one attached hydrogen (secondary N) is 1. The zero-order chi connectivity index (χ0) is 11.1. The molecule has 1 atom stereocenters. The lowest BCUT2D eigenvalue weighted by molar-refractivity contribution is -0.146. The van der Waals surface area contributed by atoms with Gasteiger partial charge in [0.25, 0.3) is 0 Å². The smallest absolute Gasteiger partial charge is 0.277 e. The fourth-order valence-corrected chi connectivity index (χ4v) is 1.43. The van der Waals surface area contributed by atoms with Crippen LogP contribution >= 0.6 is 0 Å². The first-order chi connectivity index (χ1) is 6.25. The van der Waals surface area contributed by atoms with Gasteiger partial charge < -0.3 is 0 Å². The van der Waals surface area contributed by atoms with E-state index in [1.807, 2.05) is 0 Å². The summed E-state index contributed by atoms with van der Waals surface area (Å²) in [6.07, 6.45) is 0. The van der Waals surface area contributed by atoms with Gasteiger partial charge >= 0.3 is 6.03 Å². The Bertz CT molecular complexity index is 304. The molecule has 1 heterocycles. The molecule has 0 bridgehead atoms. The average molecular weight is 198 g/mol. The first kappa shape index (κ1) is 10.7. The number of hydrogen-bond donors (Lipinski definition) is 1. The molecule has 1 aliphatic heterocycles. The van der Waals surface area contributed by atoms with Crippen LogP contribution in [0.5, 0.6) is 0 Å². The predicted octanol–water partition coefficient (Wildman–Crippen LogP) is 0.357. The van der Waals surface area contributed by atoms with Crippen LogP contribution in [-0.2, 0) is 9.59 Å². The van der Waals surface area contributed by atoms with E-state index >= 15 is 0 Å². The van der Waals surface area contributed by atoms with Gasteiger partial charge in [0.1, 0.15) is 5.92 Å². The van der Waals surface area contributed by atoms with Gasteiger partial charge in [-0.05, 0) is 5.41 Å². The van der Waals surface area contributed by atoms with E-state index in [0.29, 0.717) is 0 Å². The van der Waals surface area contributed by atoms with Crippen LogP contribution in [0, 0.1) is 11.3 Å². The van der Waals surface area contributed by atoms with Gasteiger partial charge in [-0.1, -0.05) is 20.8 Å². The minimum atomic E-state index is -0.787. The molecule has 0 aliphatic carbocycles. The Hall–Kier alpha value is -1.39. The van der Waals surface area contributed by atoms with Crippen molar-refractivity contribution in [1.29, 1.82) is 0 Å². The molecule has 0 spiro atoms. The summed E-state index contributed by atoms with van der Waals surface area (Å²) in [6, 6.07) is -0.652. The summed E-state index contributed by atoms with van der Waals surface area (Å²) in [5.41, 5.74) is -0.476. The summed E-state index contributed by atoms with van der Waals surface area (Å²) in [5, 5.41) is 2.14. The molecule has 1 unspecified atom stereocenters. The van der Waals surface area contributed by atoms with Crippen LogP contribution in [0.25, 0.3) is 0 Å². The Balaban J connectivity index is 3.03. The zero-order valence-electron chi connectivity index (χ0n) is 8.75. The van der Waals surface area contributed by atoms with Crippen molar-refractivity contribution in [3.63, 3.8) is 0 Å². The topological polar surface area (TPSA) is 66.5 Å². The van der Waals surface area contributed by atoms with Crippen molar-refractivity contribution in [2.75, 3.05) is 7.05 Å². The number of rotatable bonds is 0. The summed E-state index contributed by atoms with van der Waals surface area (Å²) in [6.45, 7) is 5.37. The number of barbiturate groups is 1. The maximum absolute atomic E-state index is 11.6. The molecular weight excluding hydrogens is 184 g/mol. The maximum atomic E-state index is 11.6. The zero-order valence-corrected chi connectivity index (χ0v) is 8.75. The molecule has 1 fully saturated rings. The Labute approximate surface area is 82.4 Å². The highest BCUT2D eigenvalue weighted by molar-refractivity contribution is 6.16. The number of hydrogen-bond acceptors (Lipinski definition) is 3. The molecular formula is C9H14N2O3. The van der Waals surface area contributed by atoms with E-state index in [-0.39, 0.29) is 0 Å². The number of urea groups is 1. The summed E-state index contributed by atoms with van der Waals surface area (Å²) in [5.74, 6) is -1.73. The van der Waals surface area contributed by atoms with Crippen molar-refractivity contribution >= 4 is 17.8 Å². The minimum Gasteiger partial charge on any atom is -0.277 e. The van der Waals surface area contributed by atoms with Gasteiger partial charge in [0, 0.05) is 7.05 Å². The maximum Gasteiger partial charge on any atom is 0.330 e. The van der Waals surface area contributed by atoms with Crippen LogP contribution < -0.4 is 5.32 Å². The van der Waals surface area contributed by atoms with Crippen LogP contribution in [0.4, 0.5) is 4.79 Å². The van der Waals surface area contributed by atoms with Crippen molar-refractivity contribution in [3.05, 3.63) is 0 Å². The van der Waals surface area contributed by atoms with Crippen molar-refractivity contribution < 1.29 is 14.4 Å². The second kappa shape index (κ2) is 3.08. The van der Waals surface area contributed by atoms with Crippen molar-refractivity contribution in [3.8, 4) is 0 Å². The molecule has 4 amide bonds. The summed E-state index contributed by atoms with van der Waals surface area (Å²) in [4.78, 5) is 35.1. The monoisotopic (exact) mass is 198 g/mol. The highest BCUT2D eigenvalue weighted by Crippen LogP contribution is 2.29. The predicted molar refractivity (Wildman–Crippen MR) is 49.3 cm³/mol. The number of carbonyl (C=O) groups excluding carboxylic acids is 3. The van der Waals surface area contributed by atoms with Gasteiger partial charge in [-0.25, -0.2) is 4.79 Å². The molecule has 0 aromatic carbocycles. The highest BCUT2D eigenvalue weighted by atomic mass is 16.2. The van der Waals surface area contributed by atoms with E-state index < -0.39 is 29.2 Å². The second-order valence-corrected chi connectivity index (χ2v) is 4.49. The molecule has 0 aromatic rings. The number of amides is 4. The van der Waals surface area contributed by atoms with E-state index in [2.05, 4.69) is 5.32 Å². The normalized spacial score (nSPS) is 23.9. The van der Waals surface area contributed by atoms with Gasteiger partial charge in [-0.15, -0.1) is 0 Å². The molecule has 1 rings (SSSR count). The second-order valence-electron chi connectivity index (χ2n) is 4.49. The van der Waals surface area contributed by atoms with E-state index in [4.69, 9.17) is 0 Å². The fourth-order valence-electron chi connectivity index (χ4n) is 1.43. The summed E-state index contributed by atoms with van der Waals surface area (Å²) < 4.78 is 0. The largest absolute Gasteiger partial charge is 0.330 e. The molecule has 0 aromatic heterocycles. The van der Waals surface area contributed by atoms with Gasteiger partial charge in [-0.2, -0.15) is 0 Å². The molecule has 5 heteroatoms. The van der Waals surface area contributed by atoms with Crippen LogP contribution in [-0.4, -0.2) is 29.8 Å². The van der Waals surface area contributed by atoms with E-state index in [9.17, 15) is 14.4 Å². The minimum absolute atomic E-state index is 0.439. The SMILES string of the molecule is CN1C(=O)NC(=O)C(C(C)(C)C)C1=O. The molecule has 1 N–H and O–H groups in total. The first-order valence-corrected chi connectivity index (χ1v) is 4.37. The van der Waals surface area contributed by atoms with Crippen LogP contribution in [0.15, 0.2) is 0 Å². The molecule has 0 saturated carbocycles. The van der Waals surface area contributed by atoms with Crippen molar-refractivity contribution in [2.45, 2.75) is 20.8 Å². The number of nitrogens with zero attached hydrogens (tertiary/aromatic N) is 1. The molecule has 78 valence electrons. The Kier molecular flexibility index (Phi) is 2.35. The number of imide groups is 2. The number of carbonyl (C=O) groups is 3. The van der Waals surface area contributed by atoms with Gasteiger partial charge in [0.15, 0.2) is 0 Å². The van der Waals surface area contributed by atoms with Gasteiger partial charge in [-0.3, -0.25) is 19.8 Å². The van der Waals surface area contributed by atoms with E-state index in [1.165, 1.54) is 7.05 Å². The van der Waals surface area contributed by atoms with E-state index in [0.717, 1.165) is 4.90 Å². The molecule has 5 nitrogen and oxygen atoms in total.